The molecule has 1 aliphatic carbocycles. The van der Waals surface area contributed by atoms with Crippen molar-refractivity contribution in [3.05, 3.63) is 11.8 Å². The quantitative estimate of drug-likeness (QED) is 0.0543. The van der Waals surface area contributed by atoms with E-state index < -0.39 is 63.0 Å². The first-order valence-electron chi connectivity index (χ1n) is 12.5. The van der Waals surface area contributed by atoms with Gasteiger partial charge in [-0.25, -0.2) is 24.4 Å². The van der Waals surface area contributed by atoms with E-state index in [1.54, 1.807) is 12.2 Å². The number of aliphatic imine (C=N–C) groups is 2. The molecule has 0 amide bonds. The fourth-order valence-corrected chi connectivity index (χ4v) is 4.07. The van der Waals surface area contributed by atoms with Crippen LogP contribution in [0.5, 0.6) is 0 Å². The largest absolute Gasteiger partial charge is 0.500 e. The maximum absolute atomic E-state index is 10.4. The van der Waals surface area contributed by atoms with Gasteiger partial charge in [0.1, 0.15) is 0 Å². The minimum absolute atomic E-state index is 0.00211. The van der Waals surface area contributed by atoms with Gasteiger partial charge in [-0.3, -0.25) is 0 Å². The second kappa shape index (κ2) is 19.5. The molecule has 1 rings (SSSR count). The lowest BCUT2D eigenvalue weighted by atomic mass is 9.63. The van der Waals surface area contributed by atoms with Crippen molar-refractivity contribution in [1.29, 1.82) is 0 Å². The fourth-order valence-electron chi connectivity index (χ4n) is 4.07. The van der Waals surface area contributed by atoms with Gasteiger partial charge in [0.25, 0.3) is 0 Å². The number of carboxylic acids is 1. The van der Waals surface area contributed by atoms with Crippen molar-refractivity contribution in [3.63, 3.8) is 0 Å². The molecule has 1 fully saturated rings. The lowest BCUT2D eigenvalue weighted by Crippen LogP contribution is -2.39. The Morgan fingerprint density at radius 1 is 0.875 bits per heavy atom. The summed E-state index contributed by atoms with van der Waals surface area (Å²) in [6.45, 7) is 5.10. The molecule has 0 aromatic rings. The van der Waals surface area contributed by atoms with Crippen molar-refractivity contribution < 1.29 is 60.0 Å². The number of aliphatic hydroxyl groups excluding tert-OH is 7. The van der Waals surface area contributed by atoms with E-state index in [1.807, 2.05) is 0 Å². The Morgan fingerprint density at radius 3 is 1.70 bits per heavy atom. The third-order valence-corrected chi connectivity index (χ3v) is 6.52. The number of carboxylic acid groups (broad SMARTS) is 1. The van der Waals surface area contributed by atoms with E-state index in [1.165, 1.54) is 6.92 Å². The first kappa shape index (κ1) is 39.6. The van der Waals surface area contributed by atoms with Crippen LogP contribution in [0.1, 0.15) is 47.0 Å². The van der Waals surface area contributed by atoms with E-state index in [0.717, 1.165) is 25.5 Å². The minimum atomic E-state index is -1.14. The Bertz CT molecular complexity index is 832. The third kappa shape index (κ3) is 14.8. The molecule has 2 atom stereocenters. The number of ether oxygens (including phenoxy) is 1. The number of hydrogen-bond acceptors (Lipinski definition) is 13. The van der Waals surface area contributed by atoms with Crippen molar-refractivity contribution in [2.75, 3.05) is 59.4 Å². The van der Waals surface area contributed by atoms with Gasteiger partial charge in [0, 0.05) is 0 Å². The molecule has 14 heteroatoms. The molecule has 1 aliphatic rings. The molecule has 1 saturated carbocycles. The molecular weight excluding hydrogens is 532 g/mol. The van der Waals surface area contributed by atoms with Gasteiger partial charge in [-0.15, -0.1) is 0 Å². The Morgan fingerprint density at radius 2 is 1.35 bits per heavy atom. The number of hydrogen-bond donors (Lipinski definition) is 8. The van der Waals surface area contributed by atoms with E-state index in [9.17, 15) is 14.4 Å². The number of carbonyl (C=O) groups is 1. The molecular formula is C26H46N2O12. The molecule has 40 heavy (non-hydrogen) atoms. The molecule has 0 saturated heterocycles. The summed E-state index contributed by atoms with van der Waals surface area (Å²) in [5.41, 5.74) is -2.20. The normalized spacial score (nSPS) is 20.4. The van der Waals surface area contributed by atoms with E-state index in [4.69, 9.17) is 45.6 Å². The summed E-state index contributed by atoms with van der Waals surface area (Å²) in [7, 11) is 0. The van der Waals surface area contributed by atoms with Crippen molar-refractivity contribution in [3.8, 4) is 0 Å². The van der Waals surface area contributed by atoms with Crippen molar-refractivity contribution in [2.45, 2.75) is 53.0 Å². The van der Waals surface area contributed by atoms with Crippen LogP contribution >= 0.6 is 0 Å². The Kier molecular flexibility index (Phi) is 19.4. The number of nitrogens with zero attached hydrogens (tertiary/aromatic N) is 2. The maximum Gasteiger partial charge on any atom is 0.334 e. The van der Waals surface area contributed by atoms with Gasteiger partial charge in [-0.1, -0.05) is 20.8 Å². The van der Waals surface area contributed by atoms with Crippen LogP contribution < -0.4 is 0 Å². The lowest BCUT2D eigenvalue weighted by molar-refractivity contribution is -0.132. The van der Waals surface area contributed by atoms with Gasteiger partial charge in [-0.05, 0) is 37.0 Å². The zero-order chi connectivity index (χ0) is 31.5. The average Bonchev–Trinajstić information content (AvgIpc) is 2.91. The van der Waals surface area contributed by atoms with E-state index in [0.29, 0.717) is 6.54 Å². The highest BCUT2D eigenvalue weighted by atomic mass is 16.5. The van der Waals surface area contributed by atoms with Crippen molar-refractivity contribution in [1.82, 2.24) is 0 Å². The van der Waals surface area contributed by atoms with Crippen molar-refractivity contribution in [2.24, 2.45) is 31.6 Å². The second-order valence-electron chi connectivity index (χ2n) is 11.4. The van der Waals surface area contributed by atoms with Gasteiger partial charge in [0.2, 0.25) is 12.2 Å². The Labute approximate surface area is 234 Å². The zero-order valence-electron chi connectivity index (χ0n) is 23.7. The Balaban J connectivity index is 0. The summed E-state index contributed by atoms with van der Waals surface area (Å²) in [4.78, 5) is 38.4. The van der Waals surface area contributed by atoms with Crippen LogP contribution in [0.25, 0.3) is 0 Å². The first-order valence-corrected chi connectivity index (χ1v) is 12.5. The highest BCUT2D eigenvalue weighted by molar-refractivity contribution is 5.85. The first-order chi connectivity index (χ1) is 18.7. The van der Waals surface area contributed by atoms with E-state index in [2.05, 4.69) is 30.8 Å². The summed E-state index contributed by atoms with van der Waals surface area (Å²) in [5, 5.41) is 69.2. The summed E-state index contributed by atoms with van der Waals surface area (Å²) >= 11 is 0. The molecule has 0 heterocycles. The summed E-state index contributed by atoms with van der Waals surface area (Å²) < 4.78 is 4.87. The van der Waals surface area contributed by atoms with Crippen LogP contribution in [-0.4, -0.2) is 124 Å². The predicted molar refractivity (Wildman–Crippen MR) is 142 cm³/mol. The summed E-state index contributed by atoms with van der Waals surface area (Å²) in [6, 6.07) is 0.00750. The highest BCUT2D eigenvalue weighted by Crippen LogP contribution is 2.47. The number of aliphatic carboxylic acids is 1. The molecule has 8 N–H and O–H groups in total. The van der Waals surface area contributed by atoms with Gasteiger partial charge in [0.15, 0.2) is 0 Å². The molecule has 0 radical (unpaired) electrons. The molecule has 2 unspecified atom stereocenters. The SMILES string of the molecule is CC(=COCC(CO)(CO)CO)C(=O)O.CC1(C)CC(N=C=O)CC(C)(CN=C=O)C1.OCC(CO)(CO)CO. The number of rotatable bonds is 14. The standard InChI is InChI=1S/C12H18N2O2.C9H16O6.C5H12O4/c1-11(2)4-10(14-9-16)5-12(3,6-11)7-13-8-15;1-7(8(13)14)2-15-6-9(3-10,4-11)5-12;6-1-5(2-7,3-8)4-9/h10H,4-7H2,1-3H3;2,10-12H,3-6H2,1H3,(H,13,14);6-9H,1-4H2. The van der Waals surface area contributed by atoms with Crippen LogP contribution in [0.4, 0.5) is 0 Å². The van der Waals surface area contributed by atoms with Crippen LogP contribution in [0.15, 0.2) is 21.8 Å². The Hall–Kier alpha value is -2.51. The molecule has 232 valence electrons. The minimum Gasteiger partial charge on any atom is -0.500 e. The van der Waals surface area contributed by atoms with Gasteiger partial charge < -0.3 is 45.6 Å². The summed E-state index contributed by atoms with van der Waals surface area (Å²) in [5.74, 6) is -1.11. The van der Waals surface area contributed by atoms with Gasteiger partial charge in [-0.2, -0.15) is 0 Å². The average molecular weight is 579 g/mol. The molecule has 0 spiro atoms. The number of aliphatic hydroxyl groups is 7. The molecule has 0 aliphatic heterocycles. The van der Waals surface area contributed by atoms with E-state index >= 15 is 0 Å². The molecule has 0 aromatic heterocycles. The fraction of sp³-hybridized carbons (Fsp3) is 0.808. The maximum atomic E-state index is 10.4. The van der Waals surface area contributed by atoms with Gasteiger partial charge in [0.05, 0.1) is 88.1 Å². The van der Waals surface area contributed by atoms with Crippen LogP contribution in [0.3, 0.4) is 0 Å². The molecule has 0 bridgehead atoms. The van der Waals surface area contributed by atoms with E-state index in [-0.39, 0.29) is 29.1 Å². The number of carbonyl (C=O) groups excluding carboxylic acids is 2. The molecule has 14 nitrogen and oxygen atoms in total. The summed E-state index contributed by atoms with van der Waals surface area (Å²) in [6.07, 6.45) is 6.89. The smallest absolute Gasteiger partial charge is 0.334 e. The second-order valence-corrected chi connectivity index (χ2v) is 11.4. The highest BCUT2D eigenvalue weighted by Gasteiger charge is 2.41. The topological polar surface area (TPSA) is 247 Å². The van der Waals surface area contributed by atoms with Crippen LogP contribution in [0, 0.1) is 21.7 Å². The lowest BCUT2D eigenvalue weighted by Gasteiger charge is -2.44. The number of isocyanates is 2. The van der Waals surface area contributed by atoms with Crippen molar-refractivity contribution >= 4 is 18.1 Å². The van der Waals surface area contributed by atoms with Gasteiger partial charge >= 0.3 is 5.97 Å². The predicted octanol–water partition coefficient (Wildman–Crippen LogP) is -0.860. The monoisotopic (exact) mass is 578 g/mol. The van der Waals surface area contributed by atoms with Crippen LogP contribution in [0.2, 0.25) is 0 Å². The third-order valence-electron chi connectivity index (χ3n) is 6.52. The zero-order valence-corrected chi connectivity index (χ0v) is 23.7. The molecule has 0 aromatic carbocycles. The van der Waals surface area contributed by atoms with Crippen LogP contribution in [-0.2, 0) is 19.1 Å².